The molecule has 2 heterocycles. The Morgan fingerprint density at radius 2 is 1.58 bits per heavy atom. The molecule has 2 aromatic carbocycles. The van der Waals surface area contributed by atoms with E-state index in [-0.39, 0.29) is 10.9 Å². The average molecular weight is 353 g/mol. The fraction of sp³-hybridized carbons (Fsp3) is 0.286. The molecule has 0 unspecified atom stereocenters. The van der Waals surface area contributed by atoms with Gasteiger partial charge in [-0.1, -0.05) is 30.3 Å². The molecule has 0 bridgehead atoms. The van der Waals surface area contributed by atoms with E-state index < -0.39 is 11.6 Å². The number of piperazine rings is 1. The van der Waals surface area contributed by atoms with E-state index in [1.807, 2.05) is 6.07 Å². The molecule has 0 N–H and O–H groups in total. The van der Waals surface area contributed by atoms with Gasteiger partial charge in [-0.2, -0.15) is 0 Å². The maximum absolute atomic E-state index is 14.3. The van der Waals surface area contributed by atoms with Crippen LogP contribution in [0.4, 0.5) is 14.5 Å². The van der Waals surface area contributed by atoms with Crippen LogP contribution in [0.3, 0.4) is 0 Å². The van der Waals surface area contributed by atoms with Crippen LogP contribution in [0.1, 0.15) is 5.56 Å². The van der Waals surface area contributed by atoms with Gasteiger partial charge in [-0.15, -0.1) is 0 Å². The van der Waals surface area contributed by atoms with Crippen molar-refractivity contribution in [1.29, 1.82) is 0 Å². The van der Waals surface area contributed by atoms with Crippen LogP contribution >= 0.6 is 0 Å². The van der Waals surface area contributed by atoms with Gasteiger partial charge in [0.15, 0.2) is 0 Å². The number of fused-ring (bicyclic) bond motifs is 1. The minimum atomic E-state index is -0.482. The molecule has 4 rings (SSSR count). The zero-order chi connectivity index (χ0) is 17.9. The van der Waals surface area contributed by atoms with Crippen LogP contribution in [-0.2, 0) is 6.42 Å². The molecule has 1 saturated heterocycles. The Morgan fingerprint density at radius 1 is 0.846 bits per heavy atom. The summed E-state index contributed by atoms with van der Waals surface area (Å²) in [6.07, 6.45) is 2.58. The molecule has 1 aliphatic rings. The van der Waals surface area contributed by atoms with Crippen LogP contribution in [0.15, 0.2) is 54.7 Å². The SMILES string of the molecule is Fc1ccc(F)c2c(N3CCN(CCc4ccccc4)CC3)ccnc12. The Labute approximate surface area is 151 Å². The normalized spacial score (nSPS) is 15.5. The molecule has 1 aromatic heterocycles. The van der Waals surface area contributed by atoms with Crippen molar-refractivity contribution in [3.05, 3.63) is 71.9 Å². The van der Waals surface area contributed by atoms with Crippen LogP contribution in [0.5, 0.6) is 0 Å². The van der Waals surface area contributed by atoms with Crippen molar-refractivity contribution in [3.63, 3.8) is 0 Å². The number of pyridine rings is 1. The minimum Gasteiger partial charge on any atom is -0.368 e. The van der Waals surface area contributed by atoms with Gasteiger partial charge in [0.05, 0.1) is 11.1 Å². The molecule has 26 heavy (non-hydrogen) atoms. The molecule has 0 aliphatic carbocycles. The maximum Gasteiger partial charge on any atom is 0.149 e. The lowest BCUT2D eigenvalue weighted by Gasteiger charge is -2.36. The molecular formula is C21H21F2N3. The summed E-state index contributed by atoms with van der Waals surface area (Å²) in [7, 11) is 0. The number of anilines is 1. The van der Waals surface area contributed by atoms with E-state index in [4.69, 9.17) is 0 Å². The van der Waals surface area contributed by atoms with Gasteiger partial charge in [0.2, 0.25) is 0 Å². The second-order valence-corrected chi connectivity index (χ2v) is 6.65. The van der Waals surface area contributed by atoms with Crippen molar-refractivity contribution in [2.75, 3.05) is 37.6 Å². The van der Waals surface area contributed by atoms with Crippen LogP contribution in [0.25, 0.3) is 10.9 Å². The molecule has 3 nitrogen and oxygen atoms in total. The highest BCUT2D eigenvalue weighted by atomic mass is 19.1. The minimum absolute atomic E-state index is 0.106. The van der Waals surface area contributed by atoms with Crippen molar-refractivity contribution in [1.82, 2.24) is 9.88 Å². The van der Waals surface area contributed by atoms with Crippen molar-refractivity contribution in [2.45, 2.75) is 6.42 Å². The number of hydrogen-bond acceptors (Lipinski definition) is 3. The van der Waals surface area contributed by atoms with Crippen LogP contribution < -0.4 is 4.90 Å². The fourth-order valence-corrected chi connectivity index (χ4v) is 3.58. The topological polar surface area (TPSA) is 19.4 Å². The first kappa shape index (κ1) is 16.9. The molecule has 1 fully saturated rings. The number of halogens is 2. The van der Waals surface area contributed by atoms with E-state index in [1.165, 1.54) is 11.6 Å². The Balaban J connectivity index is 1.45. The second kappa shape index (κ2) is 7.38. The van der Waals surface area contributed by atoms with Gasteiger partial charge in [0.25, 0.3) is 0 Å². The molecule has 3 aromatic rings. The van der Waals surface area contributed by atoms with Crippen LogP contribution in [-0.4, -0.2) is 42.6 Å². The quantitative estimate of drug-likeness (QED) is 0.710. The van der Waals surface area contributed by atoms with Crippen molar-refractivity contribution in [2.24, 2.45) is 0 Å². The molecule has 0 amide bonds. The highest BCUT2D eigenvalue weighted by Crippen LogP contribution is 2.30. The van der Waals surface area contributed by atoms with Gasteiger partial charge < -0.3 is 4.90 Å². The summed E-state index contributed by atoms with van der Waals surface area (Å²) in [5, 5.41) is 0.283. The Hall–Kier alpha value is -2.53. The molecule has 0 saturated carbocycles. The lowest BCUT2D eigenvalue weighted by Crippen LogP contribution is -2.47. The van der Waals surface area contributed by atoms with Crippen LogP contribution in [0.2, 0.25) is 0 Å². The van der Waals surface area contributed by atoms with E-state index in [0.717, 1.165) is 50.9 Å². The van der Waals surface area contributed by atoms with Gasteiger partial charge in [-0.3, -0.25) is 9.88 Å². The first-order chi connectivity index (χ1) is 12.7. The maximum atomic E-state index is 14.3. The van der Waals surface area contributed by atoms with Gasteiger partial charge in [-0.05, 0) is 30.2 Å². The van der Waals surface area contributed by atoms with Gasteiger partial charge in [0.1, 0.15) is 17.2 Å². The summed E-state index contributed by atoms with van der Waals surface area (Å²) >= 11 is 0. The predicted octanol–water partition coefficient (Wildman–Crippen LogP) is 3.88. The Kier molecular flexibility index (Phi) is 4.80. The Bertz CT molecular complexity index is 890. The average Bonchev–Trinajstić information content (AvgIpc) is 2.70. The lowest BCUT2D eigenvalue weighted by atomic mass is 10.1. The smallest absolute Gasteiger partial charge is 0.149 e. The summed E-state index contributed by atoms with van der Waals surface area (Å²) in [5.74, 6) is -0.902. The summed E-state index contributed by atoms with van der Waals surface area (Å²) in [4.78, 5) is 8.57. The number of aromatic nitrogens is 1. The standard InChI is InChI=1S/C21H21F2N3/c22-17-6-7-18(23)21-20(17)19(8-10-24-21)26-14-12-25(13-15-26)11-9-16-4-2-1-3-5-16/h1-8,10H,9,11-15H2. The summed E-state index contributed by atoms with van der Waals surface area (Å²) in [6, 6.07) is 14.6. The summed E-state index contributed by atoms with van der Waals surface area (Å²) in [5.41, 5.74) is 2.18. The zero-order valence-corrected chi connectivity index (χ0v) is 14.5. The van der Waals surface area contributed by atoms with Crippen molar-refractivity contribution in [3.8, 4) is 0 Å². The van der Waals surface area contributed by atoms with E-state index >= 15 is 0 Å². The Morgan fingerprint density at radius 3 is 2.35 bits per heavy atom. The number of nitrogens with zero attached hydrogens (tertiary/aromatic N) is 3. The van der Waals surface area contributed by atoms with E-state index in [0.29, 0.717) is 0 Å². The van der Waals surface area contributed by atoms with Crippen LogP contribution in [0, 0.1) is 11.6 Å². The molecule has 0 spiro atoms. The molecule has 1 aliphatic heterocycles. The van der Waals surface area contributed by atoms with Gasteiger partial charge in [0, 0.05) is 38.9 Å². The van der Waals surface area contributed by atoms with E-state index in [1.54, 1.807) is 12.3 Å². The third-order valence-corrected chi connectivity index (χ3v) is 5.04. The van der Waals surface area contributed by atoms with E-state index in [2.05, 4.69) is 39.0 Å². The molecule has 5 heteroatoms. The lowest BCUT2D eigenvalue weighted by molar-refractivity contribution is 0.261. The number of hydrogen-bond donors (Lipinski definition) is 0. The number of benzene rings is 2. The largest absolute Gasteiger partial charge is 0.368 e. The summed E-state index contributed by atoms with van der Waals surface area (Å²) in [6.45, 7) is 4.42. The van der Waals surface area contributed by atoms with Crippen molar-refractivity contribution < 1.29 is 8.78 Å². The van der Waals surface area contributed by atoms with Gasteiger partial charge in [-0.25, -0.2) is 8.78 Å². The summed E-state index contributed by atoms with van der Waals surface area (Å²) < 4.78 is 28.3. The third kappa shape index (κ3) is 3.40. The van der Waals surface area contributed by atoms with E-state index in [9.17, 15) is 8.78 Å². The molecule has 0 atom stereocenters. The first-order valence-corrected chi connectivity index (χ1v) is 8.96. The highest BCUT2D eigenvalue weighted by Gasteiger charge is 2.21. The number of rotatable bonds is 4. The molecular weight excluding hydrogens is 332 g/mol. The first-order valence-electron chi connectivity index (χ1n) is 8.96. The second-order valence-electron chi connectivity index (χ2n) is 6.65. The van der Waals surface area contributed by atoms with Gasteiger partial charge >= 0.3 is 0 Å². The third-order valence-electron chi connectivity index (χ3n) is 5.04. The molecule has 0 radical (unpaired) electrons. The fourth-order valence-electron chi connectivity index (χ4n) is 3.58. The molecule has 134 valence electrons. The van der Waals surface area contributed by atoms with Crippen molar-refractivity contribution >= 4 is 16.6 Å². The predicted molar refractivity (Wildman–Crippen MR) is 100 cm³/mol. The monoisotopic (exact) mass is 353 g/mol. The highest BCUT2D eigenvalue weighted by molar-refractivity contribution is 5.92. The zero-order valence-electron chi connectivity index (χ0n) is 14.5.